The van der Waals surface area contributed by atoms with Gasteiger partial charge in [-0.15, -0.1) is 0 Å². The molecule has 26 heavy (non-hydrogen) atoms. The van der Waals surface area contributed by atoms with E-state index in [0.717, 1.165) is 31.5 Å². The number of aromatic amines is 1. The Labute approximate surface area is 152 Å². The summed E-state index contributed by atoms with van der Waals surface area (Å²) in [4.78, 5) is 18.0. The summed E-state index contributed by atoms with van der Waals surface area (Å²) in [6.45, 7) is 3.66. The number of amides is 1. The molecule has 2 aromatic carbocycles. The Bertz CT molecular complexity index is 938. The van der Waals surface area contributed by atoms with Crippen LogP contribution in [0.25, 0.3) is 10.9 Å². The number of hydrogen-bond acceptors (Lipinski definition) is 1. The highest BCUT2D eigenvalue weighted by Gasteiger charge is 2.26. The highest BCUT2D eigenvalue weighted by molar-refractivity contribution is 5.85. The molecule has 0 bridgehead atoms. The fourth-order valence-corrected chi connectivity index (χ4v) is 4.18. The number of aryl methyl sites for hydroxylation is 1. The fourth-order valence-electron chi connectivity index (χ4n) is 4.18. The molecule has 1 N–H and O–H groups in total. The van der Waals surface area contributed by atoms with Crippen LogP contribution in [-0.2, 0) is 11.2 Å². The van der Waals surface area contributed by atoms with Crippen molar-refractivity contribution >= 4 is 16.8 Å². The van der Waals surface area contributed by atoms with Crippen LogP contribution in [0.5, 0.6) is 0 Å². The number of carbonyl (C=O) groups is 1. The van der Waals surface area contributed by atoms with Gasteiger partial charge in [-0.2, -0.15) is 0 Å². The minimum absolute atomic E-state index is 0.0877. The van der Waals surface area contributed by atoms with Crippen molar-refractivity contribution in [3.05, 3.63) is 71.2 Å². The number of rotatable bonds is 3. The average Bonchev–Trinajstić information content (AvgIpc) is 2.97. The molecule has 2 heterocycles. The molecule has 4 heteroatoms. The minimum Gasteiger partial charge on any atom is -0.358 e. The first-order valence-corrected chi connectivity index (χ1v) is 9.21. The van der Waals surface area contributed by atoms with Gasteiger partial charge in [-0.05, 0) is 55.0 Å². The van der Waals surface area contributed by atoms with Crippen LogP contribution >= 0.6 is 0 Å². The van der Waals surface area contributed by atoms with E-state index in [1.807, 2.05) is 11.0 Å². The predicted octanol–water partition coefficient (Wildman–Crippen LogP) is 4.56. The first kappa shape index (κ1) is 16.8. The summed E-state index contributed by atoms with van der Waals surface area (Å²) in [7, 11) is 0. The van der Waals surface area contributed by atoms with Gasteiger partial charge in [0, 0.05) is 29.7 Å². The molecular weight excluding hydrogens is 327 g/mol. The van der Waals surface area contributed by atoms with Crippen molar-refractivity contribution in [2.45, 2.75) is 32.1 Å². The highest BCUT2D eigenvalue weighted by Crippen LogP contribution is 2.35. The number of benzene rings is 2. The van der Waals surface area contributed by atoms with E-state index in [1.54, 1.807) is 6.07 Å². The lowest BCUT2D eigenvalue weighted by atomic mass is 9.87. The second-order valence-corrected chi connectivity index (χ2v) is 7.17. The van der Waals surface area contributed by atoms with E-state index < -0.39 is 0 Å². The fraction of sp³-hybridized carbons (Fsp3) is 0.318. The van der Waals surface area contributed by atoms with Crippen LogP contribution in [0, 0.1) is 12.7 Å². The van der Waals surface area contributed by atoms with E-state index in [0.29, 0.717) is 5.92 Å². The van der Waals surface area contributed by atoms with Crippen LogP contribution in [0.1, 0.15) is 35.6 Å². The van der Waals surface area contributed by atoms with Crippen LogP contribution in [-0.4, -0.2) is 28.9 Å². The Morgan fingerprint density at radius 2 is 1.92 bits per heavy atom. The molecule has 0 unspecified atom stereocenters. The lowest BCUT2D eigenvalue weighted by Crippen LogP contribution is -2.38. The highest BCUT2D eigenvalue weighted by atomic mass is 19.1. The number of nitrogens with zero attached hydrogens (tertiary/aromatic N) is 1. The van der Waals surface area contributed by atoms with E-state index in [9.17, 15) is 9.18 Å². The van der Waals surface area contributed by atoms with E-state index >= 15 is 0 Å². The Kier molecular flexibility index (Phi) is 4.49. The zero-order chi connectivity index (χ0) is 18.1. The van der Waals surface area contributed by atoms with E-state index in [2.05, 4.69) is 36.2 Å². The Hall–Kier alpha value is -2.62. The molecule has 1 fully saturated rings. The average molecular weight is 350 g/mol. The number of halogens is 1. The van der Waals surface area contributed by atoms with Crippen molar-refractivity contribution in [1.82, 2.24) is 9.88 Å². The van der Waals surface area contributed by atoms with Crippen molar-refractivity contribution in [2.24, 2.45) is 0 Å². The molecule has 3 aromatic rings. The van der Waals surface area contributed by atoms with Crippen molar-refractivity contribution in [2.75, 3.05) is 13.1 Å². The standard InChI is InChI=1S/C22H23FN2O/c1-15-22(19-7-2-3-8-20(19)24-15)17-9-11-25(12-10-17)21(26)14-16-5-4-6-18(23)13-16/h2-8,13,17,24H,9-12,14H2,1H3. The maximum Gasteiger partial charge on any atom is 0.226 e. The number of carbonyl (C=O) groups excluding carboxylic acids is 1. The van der Waals surface area contributed by atoms with Gasteiger partial charge in [0.15, 0.2) is 0 Å². The molecule has 3 nitrogen and oxygen atoms in total. The van der Waals surface area contributed by atoms with E-state index in [4.69, 9.17) is 0 Å². The third-order valence-electron chi connectivity index (χ3n) is 5.44. The van der Waals surface area contributed by atoms with Crippen LogP contribution in [0.3, 0.4) is 0 Å². The van der Waals surface area contributed by atoms with Crippen molar-refractivity contribution in [3.63, 3.8) is 0 Å². The van der Waals surface area contributed by atoms with Gasteiger partial charge >= 0.3 is 0 Å². The second-order valence-electron chi connectivity index (χ2n) is 7.17. The Balaban J connectivity index is 1.44. The minimum atomic E-state index is -0.288. The molecule has 1 amide bonds. The topological polar surface area (TPSA) is 36.1 Å². The van der Waals surface area contributed by atoms with Gasteiger partial charge in [-0.25, -0.2) is 4.39 Å². The predicted molar refractivity (Wildman–Crippen MR) is 102 cm³/mol. The number of likely N-dealkylation sites (tertiary alicyclic amines) is 1. The maximum atomic E-state index is 13.3. The van der Waals surface area contributed by atoms with Gasteiger partial charge in [0.05, 0.1) is 6.42 Å². The summed E-state index contributed by atoms with van der Waals surface area (Å²) in [6, 6.07) is 14.7. The second kappa shape index (κ2) is 6.94. The molecule has 0 aliphatic carbocycles. The van der Waals surface area contributed by atoms with Gasteiger partial charge in [-0.1, -0.05) is 30.3 Å². The van der Waals surface area contributed by atoms with Gasteiger partial charge in [0.2, 0.25) is 5.91 Å². The monoisotopic (exact) mass is 350 g/mol. The third kappa shape index (κ3) is 3.24. The normalized spacial score (nSPS) is 15.5. The number of para-hydroxylation sites is 1. The molecule has 1 saturated heterocycles. The number of aromatic nitrogens is 1. The molecule has 0 saturated carbocycles. The Morgan fingerprint density at radius 1 is 1.15 bits per heavy atom. The summed E-state index contributed by atoms with van der Waals surface area (Å²) in [5.41, 5.74) is 4.56. The maximum absolute atomic E-state index is 13.3. The van der Waals surface area contributed by atoms with Crippen molar-refractivity contribution < 1.29 is 9.18 Å². The number of fused-ring (bicyclic) bond motifs is 1. The molecule has 1 aliphatic heterocycles. The number of hydrogen-bond donors (Lipinski definition) is 1. The molecule has 0 atom stereocenters. The molecular formula is C22H23FN2O. The molecule has 1 aliphatic rings. The van der Waals surface area contributed by atoms with Crippen LogP contribution in [0.2, 0.25) is 0 Å². The van der Waals surface area contributed by atoms with E-state index in [1.165, 1.54) is 34.3 Å². The first-order valence-electron chi connectivity index (χ1n) is 9.21. The number of H-pyrrole nitrogens is 1. The first-order chi connectivity index (χ1) is 12.6. The largest absolute Gasteiger partial charge is 0.358 e. The van der Waals surface area contributed by atoms with Gasteiger partial charge in [0.25, 0.3) is 0 Å². The summed E-state index contributed by atoms with van der Waals surface area (Å²) >= 11 is 0. The van der Waals surface area contributed by atoms with Gasteiger partial charge < -0.3 is 9.88 Å². The zero-order valence-corrected chi connectivity index (χ0v) is 15.0. The zero-order valence-electron chi connectivity index (χ0n) is 15.0. The van der Waals surface area contributed by atoms with Crippen LogP contribution < -0.4 is 0 Å². The summed E-state index contributed by atoms with van der Waals surface area (Å²) in [6.07, 6.45) is 2.21. The number of piperidine rings is 1. The quantitative estimate of drug-likeness (QED) is 0.738. The molecule has 0 radical (unpaired) electrons. The lowest BCUT2D eigenvalue weighted by Gasteiger charge is -2.32. The smallest absolute Gasteiger partial charge is 0.226 e. The van der Waals surface area contributed by atoms with E-state index in [-0.39, 0.29) is 18.1 Å². The van der Waals surface area contributed by atoms with Crippen molar-refractivity contribution in [1.29, 1.82) is 0 Å². The van der Waals surface area contributed by atoms with Gasteiger partial charge in [-0.3, -0.25) is 4.79 Å². The molecule has 1 aromatic heterocycles. The number of nitrogens with one attached hydrogen (secondary N) is 1. The van der Waals surface area contributed by atoms with Crippen LogP contribution in [0.4, 0.5) is 4.39 Å². The van der Waals surface area contributed by atoms with Gasteiger partial charge in [0.1, 0.15) is 5.82 Å². The summed E-state index contributed by atoms with van der Waals surface area (Å²) in [5, 5.41) is 1.30. The molecule has 4 rings (SSSR count). The summed E-state index contributed by atoms with van der Waals surface area (Å²) < 4.78 is 13.3. The molecule has 134 valence electrons. The lowest BCUT2D eigenvalue weighted by molar-refractivity contribution is -0.131. The summed E-state index contributed by atoms with van der Waals surface area (Å²) in [5.74, 6) is 0.276. The van der Waals surface area contributed by atoms with Crippen molar-refractivity contribution in [3.8, 4) is 0 Å². The molecule has 0 spiro atoms. The SMILES string of the molecule is Cc1[nH]c2ccccc2c1C1CCN(C(=O)Cc2cccc(F)c2)CC1. The third-order valence-corrected chi connectivity index (χ3v) is 5.44. The Morgan fingerprint density at radius 3 is 2.69 bits per heavy atom. The van der Waals surface area contributed by atoms with Crippen LogP contribution in [0.15, 0.2) is 48.5 Å².